The number of carboxylic acid groups (broad SMARTS) is 1. The second-order valence-electron chi connectivity index (χ2n) is 5.93. The predicted molar refractivity (Wildman–Crippen MR) is 90.9 cm³/mol. The van der Waals surface area contributed by atoms with Gasteiger partial charge in [0, 0.05) is 25.4 Å². The Morgan fingerprint density at radius 3 is 2.79 bits per heavy atom. The lowest BCUT2D eigenvalue weighted by atomic mass is 9.97. The summed E-state index contributed by atoms with van der Waals surface area (Å²) < 4.78 is 0. The third-order valence-corrected chi connectivity index (χ3v) is 4.17. The molecule has 0 radical (unpaired) electrons. The molecule has 0 amide bonds. The molecule has 3 heterocycles. The molecule has 0 atom stereocenters. The molecule has 24 heavy (non-hydrogen) atoms. The third-order valence-electron chi connectivity index (χ3n) is 4.17. The topological polar surface area (TPSA) is 91.2 Å². The minimum absolute atomic E-state index is 0.245. The Balaban J connectivity index is 1.67. The summed E-state index contributed by atoms with van der Waals surface area (Å²) in [6.07, 6.45) is 3.06. The molecule has 0 unspecified atom stereocenters. The number of hydrogen-bond donors (Lipinski definition) is 2. The molecule has 7 nitrogen and oxygen atoms in total. The molecular formula is C17H21N5O2. The first-order valence-electron chi connectivity index (χ1n) is 8.09. The zero-order chi connectivity index (χ0) is 16.9. The SMILES string of the molecule is Cc1nc(NCc2ccccn2)cc(N2CCC(C(=O)O)CC2)n1. The van der Waals surface area contributed by atoms with Gasteiger partial charge in [-0.1, -0.05) is 6.07 Å². The van der Waals surface area contributed by atoms with Crippen molar-refractivity contribution in [3.63, 3.8) is 0 Å². The Morgan fingerprint density at radius 1 is 1.33 bits per heavy atom. The quantitative estimate of drug-likeness (QED) is 0.869. The van der Waals surface area contributed by atoms with Gasteiger partial charge in [-0.2, -0.15) is 0 Å². The molecule has 7 heteroatoms. The molecular weight excluding hydrogens is 306 g/mol. The fourth-order valence-corrected chi connectivity index (χ4v) is 2.84. The van der Waals surface area contributed by atoms with Crippen molar-refractivity contribution in [1.82, 2.24) is 15.0 Å². The van der Waals surface area contributed by atoms with Gasteiger partial charge in [-0.3, -0.25) is 9.78 Å². The van der Waals surface area contributed by atoms with Crippen molar-refractivity contribution in [1.29, 1.82) is 0 Å². The van der Waals surface area contributed by atoms with Crippen LogP contribution in [0.3, 0.4) is 0 Å². The Hall–Kier alpha value is -2.70. The molecule has 3 rings (SSSR count). The average molecular weight is 327 g/mol. The van der Waals surface area contributed by atoms with Gasteiger partial charge in [0.2, 0.25) is 0 Å². The van der Waals surface area contributed by atoms with E-state index in [9.17, 15) is 4.79 Å². The van der Waals surface area contributed by atoms with Gasteiger partial charge in [0.05, 0.1) is 18.2 Å². The lowest BCUT2D eigenvalue weighted by Crippen LogP contribution is -2.37. The first-order chi connectivity index (χ1) is 11.6. The highest BCUT2D eigenvalue weighted by molar-refractivity contribution is 5.70. The van der Waals surface area contributed by atoms with Gasteiger partial charge in [0.1, 0.15) is 17.5 Å². The number of aryl methyl sites for hydroxylation is 1. The zero-order valence-corrected chi connectivity index (χ0v) is 13.6. The van der Waals surface area contributed by atoms with E-state index in [0.29, 0.717) is 38.3 Å². The fraction of sp³-hybridized carbons (Fsp3) is 0.412. The summed E-state index contributed by atoms with van der Waals surface area (Å²) >= 11 is 0. The molecule has 0 saturated carbocycles. The van der Waals surface area contributed by atoms with Crippen LogP contribution in [0.1, 0.15) is 24.4 Å². The van der Waals surface area contributed by atoms with Crippen molar-refractivity contribution in [3.8, 4) is 0 Å². The highest BCUT2D eigenvalue weighted by atomic mass is 16.4. The van der Waals surface area contributed by atoms with Crippen molar-refractivity contribution >= 4 is 17.6 Å². The maximum atomic E-state index is 11.1. The highest BCUT2D eigenvalue weighted by Crippen LogP contribution is 2.23. The van der Waals surface area contributed by atoms with Crippen molar-refractivity contribution in [2.75, 3.05) is 23.3 Å². The number of anilines is 2. The summed E-state index contributed by atoms with van der Waals surface area (Å²) in [6.45, 7) is 3.86. The monoisotopic (exact) mass is 327 g/mol. The second kappa shape index (κ2) is 7.25. The molecule has 1 aliphatic rings. The normalized spacial score (nSPS) is 15.3. The van der Waals surface area contributed by atoms with Gasteiger partial charge in [-0.25, -0.2) is 9.97 Å². The molecule has 2 aromatic heterocycles. The standard InChI is InChI=1S/C17H21N5O2/c1-12-20-15(19-11-14-4-2-3-7-18-14)10-16(21-12)22-8-5-13(6-9-22)17(23)24/h2-4,7,10,13H,5-6,8-9,11H2,1H3,(H,23,24)(H,19,20,21). The number of nitrogens with one attached hydrogen (secondary N) is 1. The summed E-state index contributed by atoms with van der Waals surface area (Å²) in [5.41, 5.74) is 0.942. The summed E-state index contributed by atoms with van der Waals surface area (Å²) in [6, 6.07) is 7.71. The lowest BCUT2D eigenvalue weighted by Gasteiger charge is -2.31. The first kappa shape index (κ1) is 16.2. The summed E-state index contributed by atoms with van der Waals surface area (Å²) in [4.78, 5) is 26.4. The van der Waals surface area contributed by atoms with Gasteiger partial charge >= 0.3 is 5.97 Å². The van der Waals surface area contributed by atoms with E-state index in [0.717, 1.165) is 17.3 Å². The van der Waals surface area contributed by atoms with Gasteiger partial charge in [-0.15, -0.1) is 0 Å². The number of rotatable bonds is 5. The predicted octanol–water partition coefficient (Wildman–Crippen LogP) is 2.09. The smallest absolute Gasteiger partial charge is 0.306 e. The van der Waals surface area contributed by atoms with Gasteiger partial charge in [0.25, 0.3) is 0 Å². The lowest BCUT2D eigenvalue weighted by molar-refractivity contribution is -0.142. The summed E-state index contributed by atoms with van der Waals surface area (Å²) in [5.74, 6) is 1.34. The van der Waals surface area contributed by atoms with Crippen LogP contribution >= 0.6 is 0 Å². The largest absolute Gasteiger partial charge is 0.481 e. The molecule has 126 valence electrons. The van der Waals surface area contributed by atoms with Crippen LogP contribution in [0, 0.1) is 12.8 Å². The first-order valence-corrected chi connectivity index (χ1v) is 8.09. The summed E-state index contributed by atoms with van der Waals surface area (Å²) in [7, 11) is 0. The van der Waals surface area contributed by atoms with Crippen molar-refractivity contribution in [3.05, 3.63) is 42.0 Å². The number of piperidine rings is 1. The maximum absolute atomic E-state index is 11.1. The number of aliphatic carboxylic acids is 1. The molecule has 1 aliphatic heterocycles. The zero-order valence-electron chi connectivity index (χ0n) is 13.6. The number of hydrogen-bond acceptors (Lipinski definition) is 6. The van der Waals surface area contributed by atoms with Crippen LogP contribution in [0.15, 0.2) is 30.5 Å². The van der Waals surface area contributed by atoms with E-state index in [1.54, 1.807) is 6.20 Å². The van der Waals surface area contributed by atoms with Crippen LogP contribution in [0.25, 0.3) is 0 Å². The maximum Gasteiger partial charge on any atom is 0.306 e. The Labute approximate surface area is 140 Å². The van der Waals surface area contributed by atoms with Crippen LogP contribution in [0.5, 0.6) is 0 Å². The molecule has 0 spiro atoms. The molecule has 1 saturated heterocycles. The van der Waals surface area contributed by atoms with Crippen LogP contribution < -0.4 is 10.2 Å². The van der Waals surface area contributed by atoms with E-state index in [4.69, 9.17) is 5.11 Å². The fourth-order valence-electron chi connectivity index (χ4n) is 2.84. The van der Waals surface area contributed by atoms with E-state index in [-0.39, 0.29) is 5.92 Å². The van der Waals surface area contributed by atoms with Crippen LogP contribution in [0.4, 0.5) is 11.6 Å². The van der Waals surface area contributed by atoms with Crippen molar-refractivity contribution in [2.24, 2.45) is 5.92 Å². The molecule has 0 aliphatic carbocycles. The number of pyridine rings is 1. The molecule has 0 aromatic carbocycles. The van der Waals surface area contributed by atoms with Crippen LogP contribution in [-0.4, -0.2) is 39.1 Å². The second-order valence-corrected chi connectivity index (χ2v) is 5.93. The molecule has 0 bridgehead atoms. The van der Waals surface area contributed by atoms with E-state index in [2.05, 4.69) is 25.2 Å². The van der Waals surface area contributed by atoms with Gasteiger partial charge in [-0.05, 0) is 31.9 Å². The molecule has 1 fully saturated rings. The number of carboxylic acids is 1. The van der Waals surface area contributed by atoms with Crippen molar-refractivity contribution in [2.45, 2.75) is 26.3 Å². The van der Waals surface area contributed by atoms with E-state index in [1.807, 2.05) is 31.2 Å². The Kier molecular flexibility index (Phi) is 4.88. The van der Waals surface area contributed by atoms with E-state index in [1.165, 1.54) is 0 Å². The van der Waals surface area contributed by atoms with Crippen LogP contribution in [0.2, 0.25) is 0 Å². The number of aromatic nitrogens is 3. The van der Waals surface area contributed by atoms with Gasteiger partial charge in [0.15, 0.2) is 0 Å². The molecule has 2 N–H and O–H groups in total. The third kappa shape index (κ3) is 3.98. The number of carbonyl (C=O) groups is 1. The average Bonchev–Trinajstić information content (AvgIpc) is 2.60. The highest BCUT2D eigenvalue weighted by Gasteiger charge is 2.25. The Bertz CT molecular complexity index is 699. The van der Waals surface area contributed by atoms with E-state index < -0.39 is 5.97 Å². The van der Waals surface area contributed by atoms with Gasteiger partial charge < -0.3 is 15.3 Å². The van der Waals surface area contributed by atoms with Crippen molar-refractivity contribution < 1.29 is 9.90 Å². The van der Waals surface area contributed by atoms with E-state index >= 15 is 0 Å². The van der Waals surface area contributed by atoms with Crippen LogP contribution in [-0.2, 0) is 11.3 Å². The minimum Gasteiger partial charge on any atom is -0.481 e. The minimum atomic E-state index is -0.703. The number of nitrogens with zero attached hydrogens (tertiary/aromatic N) is 4. The Morgan fingerprint density at radius 2 is 2.12 bits per heavy atom. The summed E-state index contributed by atoms with van der Waals surface area (Å²) in [5, 5.41) is 12.4. The molecule has 2 aromatic rings.